The monoisotopic (exact) mass is 376 g/mol. The predicted octanol–water partition coefficient (Wildman–Crippen LogP) is 4.20. The minimum Gasteiger partial charge on any atom is -0.497 e. The first-order chi connectivity index (χ1) is 13.6. The Morgan fingerprint density at radius 1 is 1.21 bits per heavy atom. The molecule has 7 nitrogen and oxygen atoms in total. The lowest BCUT2D eigenvalue weighted by atomic mass is 10.1. The molecule has 1 aliphatic heterocycles. The summed E-state index contributed by atoms with van der Waals surface area (Å²) in [6, 6.07) is 16.8. The Balaban J connectivity index is 1.78. The normalized spacial score (nSPS) is 15.6. The third-order valence-electron chi connectivity index (χ3n) is 4.56. The van der Waals surface area contributed by atoms with E-state index >= 15 is 0 Å². The van der Waals surface area contributed by atoms with Crippen LogP contribution in [0.3, 0.4) is 0 Å². The van der Waals surface area contributed by atoms with Crippen molar-refractivity contribution in [2.75, 3.05) is 22.6 Å². The van der Waals surface area contributed by atoms with E-state index in [-0.39, 0.29) is 12.1 Å². The molecular weight excluding hydrogens is 356 g/mol. The van der Waals surface area contributed by atoms with Gasteiger partial charge in [-0.2, -0.15) is 0 Å². The first kappa shape index (κ1) is 17.7. The highest BCUT2D eigenvalue weighted by Gasteiger charge is 2.33. The lowest BCUT2D eigenvalue weighted by molar-refractivity contribution is -0.114. The lowest BCUT2D eigenvalue weighted by Gasteiger charge is -2.38. The van der Waals surface area contributed by atoms with Crippen molar-refractivity contribution >= 4 is 29.0 Å². The van der Waals surface area contributed by atoms with Gasteiger partial charge in [0.05, 0.1) is 18.9 Å². The van der Waals surface area contributed by atoms with E-state index in [1.165, 1.54) is 6.92 Å². The number of nitrogens with one attached hydrogen (secondary N) is 3. The highest BCUT2D eigenvalue weighted by atomic mass is 16.5. The van der Waals surface area contributed by atoms with Crippen LogP contribution in [0, 0.1) is 5.41 Å². The van der Waals surface area contributed by atoms with Crippen LogP contribution in [-0.2, 0) is 4.79 Å². The van der Waals surface area contributed by atoms with E-state index in [1.54, 1.807) is 19.4 Å². The Morgan fingerprint density at radius 3 is 2.71 bits per heavy atom. The van der Waals surface area contributed by atoms with Gasteiger partial charge in [0.25, 0.3) is 0 Å². The van der Waals surface area contributed by atoms with Gasteiger partial charge >= 0.3 is 0 Å². The van der Waals surface area contributed by atoms with Gasteiger partial charge in [-0.15, -0.1) is 0 Å². The third-order valence-corrected chi connectivity index (χ3v) is 4.56. The summed E-state index contributed by atoms with van der Waals surface area (Å²) in [5.74, 6) is 1.48. The Bertz CT molecular complexity index is 1030. The van der Waals surface area contributed by atoms with Crippen LogP contribution >= 0.6 is 0 Å². The SMILES string of the molecule is COc1ccc(C2Nc3occc3C(=N)N2c2cccc(NC(C)=O)c2)cc1. The Morgan fingerprint density at radius 2 is 2.00 bits per heavy atom. The highest BCUT2D eigenvalue weighted by Crippen LogP contribution is 2.38. The number of hydrogen-bond acceptors (Lipinski definition) is 5. The fourth-order valence-corrected chi connectivity index (χ4v) is 3.29. The second-order valence-electron chi connectivity index (χ2n) is 6.43. The second-order valence-corrected chi connectivity index (χ2v) is 6.43. The largest absolute Gasteiger partial charge is 0.497 e. The standard InChI is InChI=1S/C21H20N4O3/c1-13(26)23-15-4-3-5-16(12-15)25-19(22)18-10-11-28-21(18)24-20(25)14-6-8-17(27-2)9-7-14/h3-12,20,22,24H,1-2H3,(H,23,26). The third kappa shape index (κ3) is 3.18. The van der Waals surface area contributed by atoms with Crippen LogP contribution in [0.4, 0.5) is 17.3 Å². The zero-order valence-corrected chi connectivity index (χ0v) is 15.5. The molecule has 7 heteroatoms. The summed E-state index contributed by atoms with van der Waals surface area (Å²) >= 11 is 0. The Hall–Kier alpha value is -3.74. The van der Waals surface area contributed by atoms with E-state index in [2.05, 4.69) is 10.6 Å². The maximum atomic E-state index is 11.4. The number of fused-ring (bicyclic) bond motifs is 1. The van der Waals surface area contributed by atoms with Crippen LogP contribution in [0.1, 0.15) is 24.2 Å². The minimum absolute atomic E-state index is 0.146. The summed E-state index contributed by atoms with van der Waals surface area (Å²) in [5, 5.41) is 14.9. The number of anilines is 3. The van der Waals surface area contributed by atoms with E-state index in [4.69, 9.17) is 14.6 Å². The molecule has 1 aliphatic rings. The highest BCUT2D eigenvalue weighted by molar-refractivity contribution is 6.13. The van der Waals surface area contributed by atoms with Gasteiger partial charge in [-0.1, -0.05) is 18.2 Å². The van der Waals surface area contributed by atoms with Crippen LogP contribution in [0.15, 0.2) is 65.3 Å². The maximum absolute atomic E-state index is 11.4. The molecule has 142 valence electrons. The van der Waals surface area contributed by atoms with Crippen LogP contribution in [0.5, 0.6) is 5.75 Å². The van der Waals surface area contributed by atoms with Crippen molar-refractivity contribution in [3.05, 3.63) is 72.0 Å². The number of amides is 1. The molecule has 3 N–H and O–H groups in total. The van der Waals surface area contributed by atoms with E-state index < -0.39 is 0 Å². The minimum atomic E-state index is -0.357. The summed E-state index contributed by atoms with van der Waals surface area (Å²) in [4.78, 5) is 13.3. The van der Waals surface area contributed by atoms with E-state index in [0.29, 0.717) is 23.0 Å². The Kier molecular flexibility index (Phi) is 4.49. The molecule has 0 spiro atoms. The molecule has 0 saturated carbocycles. The van der Waals surface area contributed by atoms with Crippen molar-refractivity contribution in [3.63, 3.8) is 0 Å². The van der Waals surface area contributed by atoms with Crippen molar-refractivity contribution in [3.8, 4) is 5.75 Å². The fraction of sp³-hybridized carbons (Fsp3) is 0.143. The average molecular weight is 376 g/mol. The van der Waals surface area contributed by atoms with Crippen molar-refractivity contribution < 1.29 is 13.9 Å². The second kappa shape index (κ2) is 7.11. The summed E-state index contributed by atoms with van der Waals surface area (Å²) in [5.41, 5.74) is 3.06. The summed E-state index contributed by atoms with van der Waals surface area (Å²) in [6.07, 6.45) is 1.21. The van der Waals surface area contributed by atoms with Gasteiger partial charge in [0, 0.05) is 18.3 Å². The van der Waals surface area contributed by atoms with Crippen molar-refractivity contribution in [2.45, 2.75) is 13.1 Å². The average Bonchev–Trinajstić information content (AvgIpc) is 3.17. The molecule has 2 heterocycles. The van der Waals surface area contributed by atoms with Gasteiger partial charge < -0.3 is 24.7 Å². The van der Waals surface area contributed by atoms with E-state index in [1.807, 2.05) is 53.4 Å². The van der Waals surface area contributed by atoms with Crippen LogP contribution < -0.4 is 20.3 Å². The lowest BCUT2D eigenvalue weighted by Crippen LogP contribution is -2.42. The number of carbonyl (C=O) groups excluding carboxylic acids is 1. The van der Waals surface area contributed by atoms with Gasteiger partial charge in [0.1, 0.15) is 17.8 Å². The molecule has 1 unspecified atom stereocenters. The summed E-state index contributed by atoms with van der Waals surface area (Å²) < 4.78 is 10.8. The zero-order chi connectivity index (χ0) is 19.7. The number of furan rings is 1. The van der Waals surface area contributed by atoms with Crippen LogP contribution in [0.25, 0.3) is 0 Å². The first-order valence-corrected chi connectivity index (χ1v) is 8.80. The molecule has 4 rings (SSSR count). The molecule has 0 aliphatic carbocycles. The number of nitrogens with zero attached hydrogens (tertiary/aromatic N) is 1. The van der Waals surface area contributed by atoms with Gasteiger partial charge in [-0.05, 0) is 42.0 Å². The smallest absolute Gasteiger partial charge is 0.221 e. The summed E-state index contributed by atoms with van der Waals surface area (Å²) in [6.45, 7) is 1.47. The van der Waals surface area contributed by atoms with E-state index in [9.17, 15) is 4.79 Å². The number of benzene rings is 2. The first-order valence-electron chi connectivity index (χ1n) is 8.80. The molecule has 2 aromatic carbocycles. The fourth-order valence-electron chi connectivity index (χ4n) is 3.29. The topological polar surface area (TPSA) is 90.6 Å². The van der Waals surface area contributed by atoms with E-state index in [0.717, 1.165) is 17.0 Å². The number of rotatable bonds is 4. The number of ether oxygens (including phenoxy) is 1. The number of amidine groups is 1. The van der Waals surface area contributed by atoms with Crippen LogP contribution in [-0.4, -0.2) is 18.9 Å². The van der Waals surface area contributed by atoms with Crippen LogP contribution in [0.2, 0.25) is 0 Å². The molecule has 28 heavy (non-hydrogen) atoms. The van der Waals surface area contributed by atoms with Crippen molar-refractivity contribution in [2.24, 2.45) is 0 Å². The molecule has 0 bridgehead atoms. The molecule has 0 fully saturated rings. The maximum Gasteiger partial charge on any atom is 0.221 e. The molecule has 3 aromatic rings. The number of hydrogen-bond donors (Lipinski definition) is 3. The van der Waals surface area contributed by atoms with Gasteiger partial charge in [-0.25, -0.2) is 0 Å². The van der Waals surface area contributed by atoms with Gasteiger partial charge in [0.15, 0.2) is 0 Å². The molecule has 0 saturated heterocycles. The molecular formula is C21H20N4O3. The van der Waals surface area contributed by atoms with Gasteiger partial charge in [-0.3, -0.25) is 10.2 Å². The number of carbonyl (C=O) groups is 1. The molecule has 1 atom stereocenters. The molecule has 1 amide bonds. The molecule has 0 radical (unpaired) electrons. The van der Waals surface area contributed by atoms with Crippen molar-refractivity contribution in [1.29, 1.82) is 5.41 Å². The zero-order valence-electron chi connectivity index (χ0n) is 15.5. The van der Waals surface area contributed by atoms with Gasteiger partial charge in [0.2, 0.25) is 11.8 Å². The predicted molar refractivity (Wildman–Crippen MR) is 108 cm³/mol. The van der Waals surface area contributed by atoms with Crippen molar-refractivity contribution in [1.82, 2.24) is 0 Å². The Labute approximate surface area is 162 Å². The quantitative estimate of drug-likeness (QED) is 0.635. The summed E-state index contributed by atoms with van der Waals surface area (Å²) in [7, 11) is 1.62. The molecule has 1 aromatic heterocycles. The number of methoxy groups -OCH3 is 1.